The Morgan fingerprint density at radius 1 is 1.25 bits per heavy atom. The van der Waals surface area contributed by atoms with E-state index in [9.17, 15) is 14.7 Å². The molecule has 2 fully saturated rings. The summed E-state index contributed by atoms with van der Waals surface area (Å²) in [5.74, 6) is -0.168. The molecule has 2 heterocycles. The number of likely N-dealkylation sites (tertiary alicyclic amines) is 1. The van der Waals surface area contributed by atoms with Gasteiger partial charge < -0.3 is 20.6 Å². The van der Waals surface area contributed by atoms with Gasteiger partial charge in [0.25, 0.3) is 11.8 Å². The van der Waals surface area contributed by atoms with Crippen molar-refractivity contribution >= 4 is 11.8 Å². The summed E-state index contributed by atoms with van der Waals surface area (Å²) < 4.78 is 0. The van der Waals surface area contributed by atoms with Crippen LogP contribution in [0.3, 0.4) is 0 Å². The number of hydrogen-bond donors (Lipinski definition) is 3. The summed E-state index contributed by atoms with van der Waals surface area (Å²) in [6.07, 6.45) is 7.74. The molecule has 8 heteroatoms. The van der Waals surface area contributed by atoms with Gasteiger partial charge in [0.05, 0.1) is 11.9 Å². The number of carbonyl (C=O) groups is 2. The lowest BCUT2D eigenvalue weighted by Crippen LogP contribution is -2.55. The molecule has 154 valence electrons. The molecule has 2 amide bonds. The van der Waals surface area contributed by atoms with Crippen LogP contribution in [0.2, 0.25) is 0 Å². The van der Waals surface area contributed by atoms with Gasteiger partial charge in [0.1, 0.15) is 11.3 Å². The van der Waals surface area contributed by atoms with Gasteiger partial charge in [0, 0.05) is 31.9 Å². The van der Waals surface area contributed by atoms with Gasteiger partial charge in [-0.05, 0) is 52.0 Å². The van der Waals surface area contributed by atoms with Crippen LogP contribution < -0.4 is 10.6 Å². The summed E-state index contributed by atoms with van der Waals surface area (Å²) in [5, 5.41) is 16.7. The van der Waals surface area contributed by atoms with E-state index in [1.165, 1.54) is 6.20 Å². The summed E-state index contributed by atoms with van der Waals surface area (Å²) in [6.45, 7) is 3.83. The standard InChI is InChI=1S/C20H31N5O3/c1-14-11-22-17(13-21-14)18(26)23-12-15-4-3-5-16(10-15)24-19(27)20(28)6-8-25(2)9-7-20/h11,13,15-16,28H,3-10,12H2,1-2H3,(H,23,26)(H,24,27)/t15-,16+/m1/s1. The van der Waals surface area contributed by atoms with E-state index in [0.29, 0.717) is 31.0 Å². The Morgan fingerprint density at radius 2 is 2.00 bits per heavy atom. The number of carbonyl (C=O) groups excluding carboxylic acids is 2. The average Bonchev–Trinajstić information content (AvgIpc) is 2.69. The highest BCUT2D eigenvalue weighted by atomic mass is 16.3. The number of aromatic nitrogens is 2. The van der Waals surface area contributed by atoms with E-state index in [4.69, 9.17) is 0 Å². The minimum Gasteiger partial charge on any atom is -0.380 e. The first-order valence-corrected chi connectivity index (χ1v) is 10.1. The number of rotatable bonds is 5. The minimum atomic E-state index is -1.25. The number of piperidine rings is 1. The van der Waals surface area contributed by atoms with E-state index < -0.39 is 5.60 Å². The third-order valence-electron chi connectivity index (χ3n) is 5.92. The highest BCUT2D eigenvalue weighted by Gasteiger charge is 2.39. The van der Waals surface area contributed by atoms with Crippen LogP contribution in [0.5, 0.6) is 0 Å². The number of nitrogens with zero attached hydrogens (tertiary/aromatic N) is 3. The number of aliphatic hydroxyl groups is 1. The van der Waals surface area contributed by atoms with Gasteiger partial charge in [-0.15, -0.1) is 0 Å². The van der Waals surface area contributed by atoms with E-state index in [1.807, 2.05) is 14.0 Å². The van der Waals surface area contributed by atoms with Crippen molar-refractivity contribution in [3.8, 4) is 0 Å². The normalized spacial score (nSPS) is 25.1. The van der Waals surface area contributed by atoms with Crippen LogP contribution >= 0.6 is 0 Å². The van der Waals surface area contributed by atoms with Crippen molar-refractivity contribution in [2.45, 2.75) is 57.1 Å². The third-order valence-corrected chi connectivity index (χ3v) is 5.92. The predicted molar refractivity (Wildman–Crippen MR) is 105 cm³/mol. The highest BCUT2D eigenvalue weighted by molar-refractivity contribution is 5.91. The quantitative estimate of drug-likeness (QED) is 0.682. The Hall–Kier alpha value is -2.06. The average molecular weight is 390 g/mol. The van der Waals surface area contributed by atoms with Crippen LogP contribution in [-0.2, 0) is 4.79 Å². The lowest BCUT2D eigenvalue weighted by atomic mass is 9.84. The van der Waals surface area contributed by atoms with E-state index in [-0.39, 0.29) is 17.9 Å². The first-order chi connectivity index (χ1) is 13.4. The molecule has 3 rings (SSSR count). The molecule has 0 unspecified atom stereocenters. The molecule has 0 aromatic carbocycles. The van der Waals surface area contributed by atoms with Crippen molar-refractivity contribution in [2.24, 2.45) is 5.92 Å². The number of aryl methyl sites for hydroxylation is 1. The predicted octanol–water partition coefficient (Wildman–Crippen LogP) is 0.647. The molecule has 0 bridgehead atoms. The summed E-state index contributed by atoms with van der Waals surface area (Å²) in [7, 11) is 2.00. The Kier molecular flexibility index (Phi) is 6.61. The maximum atomic E-state index is 12.6. The van der Waals surface area contributed by atoms with Gasteiger partial charge in [-0.3, -0.25) is 14.6 Å². The lowest BCUT2D eigenvalue weighted by molar-refractivity contribution is -0.145. The Bertz CT molecular complexity index is 686. The molecule has 0 spiro atoms. The Balaban J connectivity index is 1.46. The summed E-state index contributed by atoms with van der Waals surface area (Å²) >= 11 is 0. The Morgan fingerprint density at radius 3 is 2.68 bits per heavy atom. The molecule has 1 aromatic heterocycles. The van der Waals surface area contributed by atoms with Gasteiger partial charge in [-0.1, -0.05) is 6.42 Å². The maximum Gasteiger partial charge on any atom is 0.271 e. The number of amides is 2. The molecular weight excluding hydrogens is 358 g/mol. The van der Waals surface area contributed by atoms with Crippen molar-refractivity contribution < 1.29 is 14.7 Å². The van der Waals surface area contributed by atoms with Gasteiger partial charge in [0.15, 0.2) is 0 Å². The molecule has 3 N–H and O–H groups in total. The SMILES string of the molecule is Cc1cnc(C(=O)NC[C@@H]2CCC[C@H](NC(=O)C3(O)CCN(C)CC3)C2)cn1. The molecule has 1 aliphatic heterocycles. The molecule has 0 radical (unpaired) electrons. The van der Waals surface area contributed by atoms with Gasteiger partial charge in [-0.25, -0.2) is 4.98 Å². The molecule has 8 nitrogen and oxygen atoms in total. The van der Waals surface area contributed by atoms with E-state index in [2.05, 4.69) is 25.5 Å². The monoisotopic (exact) mass is 389 g/mol. The summed E-state index contributed by atoms with van der Waals surface area (Å²) in [5.41, 5.74) is -0.165. The van der Waals surface area contributed by atoms with Crippen molar-refractivity contribution in [3.63, 3.8) is 0 Å². The Labute approximate surface area is 166 Å². The highest BCUT2D eigenvalue weighted by Crippen LogP contribution is 2.26. The minimum absolute atomic E-state index is 0.0472. The van der Waals surface area contributed by atoms with Crippen LogP contribution in [0.25, 0.3) is 0 Å². The molecular formula is C20H31N5O3. The molecule has 2 aliphatic rings. The molecule has 28 heavy (non-hydrogen) atoms. The van der Waals surface area contributed by atoms with Crippen LogP contribution in [0.1, 0.15) is 54.7 Å². The molecule has 1 aliphatic carbocycles. The maximum absolute atomic E-state index is 12.6. The first-order valence-electron chi connectivity index (χ1n) is 10.1. The largest absolute Gasteiger partial charge is 0.380 e. The molecule has 1 saturated carbocycles. The second-order valence-electron chi connectivity index (χ2n) is 8.29. The molecule has 2 atom stereocenters. The summed E-state index contributed by atoms with van der Waals surface area (Å²) in [4.78, 5) is 35.1. The number of nitrogens with one attached hydrogen (secondary N) is 2. The van der Waals surface area contributed by atoms with E-state index >= 15 is 0 Å². The fourth-order valence-corrected chi connectivity index (χ4v) is 3.98. The van der Waals surface area contributed by atoms with Crippen molar-refractivity contribution in [1.82, 2.24) is 25.5 Å². The lowest BCUT2D eigenvalue weighted by Gasteiger charge is -2.37. The third kappa shape index (κ3) is 5.26. The van der Waals surface area contributed by atoms with Gasteiger partial charge in [-0.2, -0.15) is 0 Å². The second-order valence-corrected chi connectivity index (χ2v) is 8.29. The molecule has 1 aromatic rings. The fourth-order valence-electron chi connectivity index (χ4n) is 3.98. The van der Waals surface area contributed by atoms with Crippen LogP contribution in [0.4, 0.5) is 0 Å². The van der Waals surface area contributed by atoms with Crippen molar-refractivity contribution in [3.05, 3.63) is 23.8 Å². The van der Waals surface area contributed by atoms with Gasteiger partial charge in [0.2, 0.25) is 0 Å². The zero-order valence-corrected chi connectivity index (χ0v) is 16.8. The van der Waals surface area contributed by atoms with E-state index in [0.717, 1.165) is 44.5 Å². The zero-order valence-electron chi connectivity index (χ0n) is 16.8. The first kappa shape index (κ1) is 20.7. The van der Waals surface area contributed by atoms with E-state index in [1.54, 1.807) is 6.20 Å². The zero-order chi connectivity index (χ0) is 20.1. The smallest absolute Gasteiger partial charge is 0.271 e. The van der Waals surface area contributed by atoms with Crippen LogP contribution in [-0.4, -0.2) is 70.1 Å². The van der Waals surface area contributed by atoms with Crippen LogP contribution in [0, 0.1) is 12.8 Å². The van der Waals surface area contributed by atoms with Crippen molar-refractivity contribution in [1.29, 1.82) is 0 Å². The van der Waals surface area contributed by atoms with Crippen molar-refractivity contribution in [2.75, 3.05) is 26.7 Å². The second kappa shape index (κ2) is 8.96. The summed E-state index contributed by atoms with van der Waals surface area (Å²) in [6, 6.07) is 0.0472. The van der Waals surface area contributed by atoms with Crippen LogP contribution in [0.15, 0.2) is 12.4 Å². The number of hydrogen-bond acceptors (Lipinski definition) is 6. The topological polar surface area (TPSA) is 107 Å². The molecule has 1 saturated heterocycles. The van der Waals surface area contributed by atoms with Gasteiger partial charge >= 0.3 is 0 Å². The fraction of sp³-hybridized carbons (Fsp3) is 0.700.